The SMILES string of the molecule is Cc1nc(CC(=O)OCc2csc(-c3ccco3)n2)cs1. The van der Waals surface area contributed by atoms with Crippen molar-refractivity contribution in [3.63, 3.8) is 0 Å². The maximum Gasteiger partial charge on any atom is 0.312 e. The molecule has 108 valence electrons. The molecule has 0 saturated heterocycles. The molecule has 0 unspecified atom stereocenters. The van der Waals surface area contributed by atoms with E-state index in [4.69, 9.17) is 9.15 Å². The summed E-state index contributed by atoms with van der Waals surface area (Å²) in [5, 5.41) is 5.45. The number of carbonyl (C=O) groups is 1. The Hall–Kier alpha value is -1.99. The second-order valence-corrected chi connectivity index (χ2v) is 6.24. The van der Waals surface area contributed by atoms with Crippen LogP contribution >= 0.6 is 22.7 Å². The van der Waals surface area contributed by atoms with E-state index in [1.54, 1.807) is 6.26 Å². The molecule has 0 spiro atoms. The molecule has 0 saturated carbocycles. The van der Waals surface area contributed by atoms with Gasteiger partial charge in [0.05, 0.1) is 29.1 Å². The molecule has 3 aromatic rings. The number of hydrogen-bond donors (Lipinski definition) is 0. The first kappa shape index (κ1) is 14.0. The molecule has 0 aromatic carbocycles. The van der Waals surface area contributed by atoms with E-state index in [9.17, 15) is 4.79 Å². The molecule has 0 aliphatic rings. The zero-order valence-corrected chi connectivity index (χ0v) is 12.9. The second kappa shape index (κ2) is 6.19. The summed E-state index contributed by atoms with van der Waals surface area (Å²) in [6.07, 6.45) is 1.80. The number of hydrogen-bond acceptors (Lipinski definition) is 7. The van der Waals surface area contributed by atoms with Crippen molar-refractivity contribution < 1.29 is 13.9 Å². The number of rotatable bonds is 5. The van der Waals surface area contributed by atoms with Crippen molar-refractivity contribution in [3.05, 3.63) is 45.6 Å². The van der Waals surface area contributed by atoms with Crippen LogP contribution in [0, 0.1) is 6.92 Å². The maximum atomic E-state index is 11.7. The Bertz CT molecular complexity index is 731. The number of aryl methyl sites for hydroxylation is 1. The fraction of sp³-hybridized carbons (Fsp3) is 0.214. The van der Waals surface area contributed by atoms with Crippen molar-refractivity contribution in [2.75, 3.05) is 0 Å². The van der Waals surface area contributed by atoms with Gasteiger partial charge in [-0.25, -0.2) is 9.97 Å². The van der Waals surface area contributed by atoms with Crippen LogP contribution in [-0.2, 0) is 22.6 Å². The molecular weight excluding hydrogens is 308 g/mol. The first-order valence-electron chi connectivity index (χ1n) is 6.25. The summed E-state index contributed by atoms with van der Waals surface area (Å²) in [5.74, 6) is 0.420. The van der Waals surface area contributed by atoms with E-state index in [0.29, 0.717) is 5.69 Å². The first-order chi connectivity index (χ1) is 10.2. The monoisotopic (exact) mass is 320 g/mol. The molecule has 3 heterocycles. The van der Waals surface area contributed by atoms with Crippen LogP contribution in [0.2, 0.25) is 0 Å². The Labute approximate surface area is 129 Å². The first-order valence-corrected chi connectivity index (χ1v) is 8.01. The molecule has 0 atom stereocenters. The number of thiazole rings is 2. The quantitative estimate of drug-likeness (QED) is 0.674. The lowest BCUT2D eigenvalue weighted by Crippen LogP contribution is -2.08. The minimum atomic E-state index is -0.298. The van der Waals surface area contributed by atoms with Gasteiger partial charge in [-0.2, -0.15) is 0 Å². The third kappa shape index (κ3) is 3.56. The molecular formula is C14H12N2O3S2. The normalized spacial score (nSPS) is 10.7. The lowest BCUT2D eigenvalue weighted by atomic mass is 10.3. The predicted octanol–water partition coefficient (Wildman–Crippen LogP) is 3.45. The summed E-state index contributed by atoms with van der Waals surface area (Å²) in [5.41, 5.74) is 1.46. The zero-order chi connectivity index (χ0) is 14.7. The van der Waals surface area contributed by atoms with E-state index >= 15 is 0 Å². The Morgan fingerprint density at radius 2 is 2.14 bits per heavy atom. The third-order valence-corrected chi connectivity index (χ3v) is 4.38. The van der Waals surface area contributed by atoms with Crippen LogP contribution in [-0.4, -0.2) is 15.9 Å². The average molecular weight is 320 g/mol. The van der Waals surface area contributed by atoms with E-state index in [0.717, 1.165) is 21.5 Å². The van der Waals surface area contributed by atoms with Gasteiger partial charge < -0.3 is 9.15 Å². The van der Waals surface area contributed by atoms with Crippen molar-refractivity contribution >= 4 is 28.6 Å². The topological polar surface area (TPSA) is 65.2 Å². The molecule has 0 aliphatic carbocycles. The van der Waals surface area contributed by atoms with Crippen molar-refractivity contribution in [2.45, 2.75) is 20.0 Å². The number of ether oxygens (including phenoxy) is 1. The van der Waals surface area contributed by atoms with Gasteiger partial charge in [-0.1, -0.05) is 0 Å². The number of aromatic nitrogens is 2. The second-order valence-electron chi connectivity index (χ2n) is 4.32. The van der Waals surface area contributed by atoms with E-state index in [-0.39, 0.29) is 19.0 Å². The maximum absolute atomic E-state index is 11.7. The average Bonchev–Trinajstić information content (AvgIpc) is 3.17. The molecule has 0 amide bonds. The van der Waals surface area contributed by atoms with Crippen LogP contribution in [0.3, 0.4) is 0 Å². The van der Waals surface area contributed by atoms with Crippen LogP contribution in [0.1, 0.15) is 16.4 Å². The molecule has 0 N–H and O–H groups in total. The lowest BCUT2D eigenvalue weighted by molar-refractivity contribution is -0.144. The smallest absolute Gasteiger partial charge is 0.312 e. The number of nitrogens with zero attached hydrogens (tertiary/aromatic N) is 2. The largest absolute Gasteiger partial charge is 0.462 e. The summed E-state index contributed by atoms with van der Waals surface area (Å²) in [6.45, 7) is 2.07. The minimum Gasteiger partial charge on any atom is -0.462 e. The summed E-state index contributed by atoms with van der Waals surface area (Å²) in [7, 11) is 0. The highest BCUT2D eigenvalue weighted by molar-refractivity contribution is 7.13. The van der Waals surface area contributed by atoms with E-state index in [1.165, 1.54) is 22.7 Å². The van der Waals surface area contributed by atoms with Gasteiger partial charge in [0.15, 0.2) is 10.8 Å². The molecule has 3 aromatic heterocycles. The van der Waals surface area contributed by atoms with Gasteiger partial charge in [-0.05, 0) is 19.1 Å². The van der Waals surface area contributed by atoms with Crippen LogP contribution in [0.15, 0.2) is 33.6 Å². The van der Waals surface area contributed by atoms with E-state index in [1.807, 2.05) is 29.8 Å². The number of esters is 1. The van der Waals surface area contributed by atoms with Crippen molar-refractivity contribution in [1.29, 1.82) is 0 Å². The molecule has 21 heavy (non-hydrogen) atoms. The highest BCUT2D eigenvalue weighted by atomic mass is 32.1. The molecule has 5 nitrogen and oxygen atoms in total. The molecule has 7 heteroatoms. The van der Waals surface area contributed by atoms with Gasteiger partial charge in [0.2, 0.25) is 0 Å². The van der Waals surface area contributed by atoms with Crippen LogP contribution in [0.5, 0.6) is 0 Å². The van der Waals surface area contributed by atoms with Gasteiger partial charge in [-0.15, -0.1) is 22.7 Å². The van der Waals surface area contributed by atoms with Crippen molar-refractivity contribution in [3.8, 4) is 10.8 Å². The van der Waals surface area contributed by atoms with Gasteiger partial charge >= 0.3 is 5.97 Å². The van der Waals surface area contributed by atoms with Gasteiger partial charge in [0.25, 0.3) is 0 Å². The van der Waals surface area contributed by atoms with Gasteiger partial charge in [0.1, 0.15) is 6.61 Å². The molecule has 0 fully saturated rings. The highest BCUT2D eigenvalue weighted by Crippen LogP contribution is 2.24. The Morgan fingerprint density at radius 1 is 1.29 bits per heavy atom. The lowest BCUT2D eigenvalue weighted by Gasteiger charge is -2.00. The van der Waals surface area contributed by atoms with Gasteiger partial charge in [0, 0.05) is 10.8 Å². The van der Waals surface area contributed by atoms with Crippen LogP contribution in [0.25, 0.3) is 10.8 Å². The van der Waals surface area contributed by atoms with Crippen LogP contribution < -0.4 is 0 Å². The molecule has 0 bridgehead atoms. The van der Waals surface area contributed by atoms with Crippen LogP contribution in [0.4, 0.5) is 0 Å². The Kier molecular flexibility index (Phi) is 4.12. The van der Waals surface area contributed by atoms with E-state index in [2.05, 4.69) is 9.97 Å². The fourth-order valence-corrected chi connectivity index (χ4v) is 3.11. The zero-order valence-electron chi connectivity index (χ0n) is 11.2. The predicted molar refractivity (Wildman–Crippen MR) is 80.2 cm³/mol. The minimum absolute atomic E-state index is 0.166. The molecule has 0 radical (unpaired) electrons. The summed E-state index contributed by atoms with van der Waals surface area (Å²) >= 11 is 2.98. The Morgan fingerprint density at radius 3 is 2.86 bits per heavy atom. The van der Waals surface area contributed by atoms with Crippen molar-refractivity contribution in [2.24, 2.45) is 0 Å². The van der Waals surface area contributed by atoms with Gasteiger partial charge in [-0.3, -0.25) is 4.79 Å². The van der Waals surface area contributed by atoms with Crippen molar-refractivity contribution in [1.82, 2.24) is 9.97 Å². The number of carbonyl (C=O) groups excluding carboxylic acids is 1. The van der Waals surface area contributed by atoms with E-state index < -0.39 is 0 Å². The summed E-state index contributed by atoms with van der Waals surface area (Å²) in [4.78, 5) is 20.3. The fourth-order valence-electron chi connectivity index (χ4n) is 1.73. The standard InChI is InChI=1S/C14H12N2O3S2/c1-9-15-10(7-20-9)5-13(17)19-6-11-8-21-14(16-11)12-3-2-4-18-12/h2-4,7-8H,5-6H2,1H3. The highest BCUT2D eigenvalue weighted by Gasteiger charge is 2.11. The molecule has 3 rings (SSSR count). The third-order valence-electron chi connectivity index (χ3n) is 2.66. The summed E-state index contributed by atoms with van der Waals surface area (Å²) < 4.78 is 10.5. The Balaban J connectivity index is 1.54. The number of furan rings is 1. The molecule has 0 aliphatic heterocycles. The summed E-state index contributed by atoms with van der Waals surface area (Å²) in [6, 6.07) is 3.66.